The monoisotopic (exact) mass is 411 g/mol. The highest BCUT2D eigenvalue weighted by molar-refractivity contribution is 7.13. The average molecular weight is 411 g/mol. The van der Waals surface area contributed by atoms with E-state index in [1.807, 2.05) is 35.7 Å². The van der Waals surface area contributed by atoms with Crippen molar-refractivity contribution in [2.75, 3.05) is 21.3 Å². The van der Waals surface area contributed by atoms with E-state index in [-0.39, 0.29) is 6.61 Å². The van der Waals surface area contributed by atoms with E-state index in [1.165, 1.54) is 17.4 Å². The summed E-state index contributed by atoms with van der Waals surface area (Å²) in [5.74, 6) is 1.16. The van der Waals surface area contributed by atoms with Crippen LogP contribution in [-0.2, 0) is 16.1 Å². The predicted octanol–water partition coefficient (Wildman–Crippen LogP) is 4.59. The van der Waals surface area contributed by atoms with Crippen LogP contribution in [0.1, 0.15) is 11.3 Å². The number of nitrogens with zero attached hydrogens (tertiary/aromatic N) is 1. The van der Waals surface area contributed by atoms with Gasteiger partial charge in [0.15, 0.2) is 11.5 Å². The molecule has 150 valence electrons. The molecule has 0 N–H and O–H groups in total. The summed E-state index contributed by atoms with van der Waals surface area (Å²) in [5.41, 5.74) is 2.41. The summed E-state index contributed by atoms with van der Waals surface area (Å²) < 4.78 is 21.2. The molecule has 0 saturated carbocycles. The zero-order valence-electron chi connectivity index (χ0n) is 16.4. The van der Waals surface area contributed by atoms with Crippen LogP contribution >= 0.6 is 11.3 Å². The third kappa shape index (κ3) is 5.14. The highest BCUT2D eigenvalue weighted by Gasteiger charge is 2.11. The second-order valence-corrected chi connectivity index (χ2v) is 6.76. The third-order valence-corrected chi connectivity index (χ3v) is 5.01. The molecule has 0 aliphatic heterocycles. The summed E-state index contributed by atoms with van der Waals surface area (Å²) in [6, 6.07) is 13.3. The molecule has 0 unspecified atom stereocenters. The fourth-order valence-corrected chi connectivity index (χ4v) is 3.43. The van der Waals surface area contributed by atoms with Gasteiger partial charge in [0.2, 0.25) is 0 Å². The smallest absolute Gasteiger partial charge is 0.331 e. The molecule has 0 atom stereocenters. The molecule has 1 aromatic heterocycles. The van der Waals surface area contributed by atoms with Crippen LogP contribution in [-0.4, -0.2) is 32.3 Å². The molecule has 3 rings (SSSR count). The number of hydrogen-bond acceptors (Lipinski definition) is 7. The molecular formula is C22H21NO5S. The average Bonchev–Trinajstić information content (AvgIpc) is 3.25. The van der Waals surface area contributed by atoms with Crippen molar-refractivity contribution in [3.63, 3.8) is 0 Å². The summed E-state index contributed by atoms with van der Waals surface area (Å²) in [5, 5.41) is 2.78. The number of esters is 1. The Kier molecular flexibility index (Phi) is 6.86. The van der Waals surface area contributed by atoms with Gasteiger partial charge in [0.05, 0.1) is 27.0 Å². The van der Waals surface area contributed by atoms with Gasteiger partial charge in [0, 0.05) is 28.6 Å². The number of benzene rings is 2. The van der Waals surface area contributed by atoms with E-state index in [9.17, 15) is 4.79 Å². The summed E-state index contributed by atoms with van der Waals surface area (Å²) >= 11 is 1.51. The highest BCUT2D eigenvalue weighted by atomic mass is 32.1. The van der Waals surface area contributed by atoms with Crippen molar-refractivity contribution in [1.82, 2.24) is 4.98 Å². The Morgan fingerprint density at radius 1 is 1.00 bits per heavy atom. The van der Waals surface area contributed by atoms with Gasteiger partial charge in [-0.3, -0.25) is 0 Å². The Bertz CT molecular complexity index is 998. The van der Waals surface area contributed by atoms with E-state index in [1.54, 1.807) is 39.5 Å². The Morgan fingerprint density at radius 3 is 2.38 bits per heavy atom. The molecule has 0 aliphatic rings. The number of carbonyl (C=O) groups excluding carboxylic acids is 1. The summed E-state index contributed by atoms with van der Waals surface area (Å²) in [7, 11) is 4.64. The largest absolute Gasteiger partial charge is 0.496 e. The second kappa shape index (κ2) is 9.75. The van der Waals surface area contributed by atoms with E-state index in [2.05, 4.69) is 4.98 Å². The first-order valence-electron chi connectivity index (χ1n) is 8.79. The van der Waals surface area contributed by atoms with Crippen molar-refractivity contribution < 1.29 is 23.7 Å². The number of methoxy groups -OCH3 is 3. The van der Waals surface area contributed by atoms with E-state index in [0.717, 1.165) is 10.6 Å². The maximum Gasteiger partial charge on any atom is 0.331 e. The van der Waals surface area contributed by atoms with Crippen LogP contribution < -0.4 is 14.2 Å². The molecule has 1 heterocycles. The first-order chi connectivity index (χ1) is 14.1. The molecule has 0 spiro atoms. The first-order valence-corrected chi connectivity index (χ1v) is 9.67. The van der Waals surface area contributed by atoms with Gasteiger partial charge < -0.3 is 18.9 Å². The second-order valence-electron chi connectivity index (χ2n) is 5.90. The lowest BCUT2D eigenvalue weighted by Crippen LogP contribution is -2.01. The number of rotatable bonds is 8. The van der Waals surface area contributed by atoms with Gasteiger partial charge in [-0.2, -0.15) is 0 Å². The van der Waals surface area contributed by atoms with Crippen LogP contribution in [0, 0.1) is 0 Å². The number of aromatic nitrogens is 1. The Balaban J connectivity index is 1.64. The molecule has 3 aromatic rings. The maximum absolute atomic E-state index is 12.1. The van der Waals surface area contributed by atoms with Gasteiger partial charge in [-0.05, 0) is 12.1 Å². The van der Waals surface area contributed by atoms with Crippen molar-refractivity contribution in [3.05, 3.63) is 65.2 Å². The molecule has 0 aliphatic carbocycles. The molecule has 0 radical (unpaired) electrons. The van der Waals surface area contributed by atoms with Crippen molar-refractivity contribution in [1.29, 1.82) is 0 Å². The third-order valence-electron chi connectivity index (χ3n) is 4.07. The minimum absolute atomic E-state index is 0.107. The number of ether oxygens (including phenoxy) is 4. The zero-order chi connectivity index (χ0) is 20.6. The SMILES string of the molecule is COc1cc(OC)c(OC)cc1/C=C/C(=O)OCc1csc(-c2ccccc2)n1. The van der Waals surface area contributed by atoms with Crippen LogP contribution in [0.2, 0.25) is 0 Å². The van der Waals surface area contributed by atoms with Gasteiger partial charge in [-0.25, -0.2) is 9.78 Å². The van der Waals surface area contributed by atoms with Crippen LogP contribution in [0.3, 0.4) is 0 Å². The van der Waals surface area contributed by atoms with E-state index < -0.39 is 5.97 Å². The van der Waals surface area contributed by atoms with Crippen LogP contribution in [0.15, 0.2) is 53.9 Å². The van der Waals surface area contributed by atoms with Gasteiger partial charge in [0.25, 0.3) is 0 Å². The summed E-state index contributed by atoms with van der Waals surface area (Å²) in [6.45, 7) is 0.107. The topological polar surface area (TPSA) is 66.9 Å². The first kappa shape index (κ1) is 20.4. The number of thiazole rings is 1. The van der Waals surface area contributed by atoms with Gasteiger partial charge >= 0.3 is 5.97 Å². The summed E-state index contributed by atoms with van der Waals surface area (Å²) in [6.07, 6.45) is 2.95. The lowest BCUT2D eigenvalue weighted by atomic mass is 10.1. The van der Waals surface area contributed by atoms with E-state index in [0.29, 0.717) is 28.5 Å². The molecule has 0 amide bonds. The zero-order valence-corrected chi connectivity index (χ0v) is 17.2. The lowest BCUT2D eigenvalue weighted by molar-refractivity contribution is -0.139. The molecule has 0 bridgehead atoms. The van der Waals surface area contributed by atoms with Crippen molar-refractivity contribution in [2.24, 2.45) is 0 Å². The minimum Gasteiger partial charge on any atom is -0.496 e. The van der Waals surface area contributed by atoms with Crippen molar-refractivity contribution in [3.8, 4) is 27.8 Å². The van der Waals surface area contributed by atoms with Crippen LogP contribution in [0.25, 0.3) is 16.6 Å². The highest BCUT2D eigenvalue weighted by Crippen LogP contribution is 2.35. The Hall–Kier alpha value is -3.32. The molecule has 7 heteroatoms. The van der Waals surface area contributed by atoms with Gasteiger partial charge in [-0.1, -0.05) is 30.3 Å². The predicted molar refractivity (Wildman–Crippen MR) is 112 cm³/mol. The Morgan fingerprint density at radius 2 is 1.69 bits per heavy atom. The van der Waals surface area contributed by atoms with Crippen LogP contribution in [0.5, 0.6) is 17.2 Å². The normalized spacial score (nSPS) is 10.7. The molecular weight excluding hydrogens is 390 g/mol. The molecule has 0 fully saturated rings. The quantitative estimate of drug-likeness (QED) is 0.399. The van der Waals surface area contributed by atoms with Crippen LogP contribution in [0.4, 0.5) is 0 Å². The lowest BCUT2D eigenvalue weighted by Gasteiger charge is -2.12. The van der Waals surface area contributed by atoms with Crippen molar-refractivity contribution >= 4 is 23.4 Å². The van der Waals surface area contributed by atoms with Gasteiger partial charge in [0.1, 0.15) is 17.4 Å². The fourth-order valence-electron chi connectivity index (χ4n) is 2.62. The number of carbonyl (C=O) groups is 1. The molecule has 29 heavy (non-hydrogen) atoms. The maximum atomic E-state index is 12.1. The standard InChI is InChI=1S/C22H21NO5S/c1-25-18-12-20(27-3)19(26-2)11-16(18)9-10-21(24)28-13-17-14-29-22(23-17)15-7-5-4-6-8-15/h4-12,14H,13H2,1-3H3/b10-9+. The van der Waals surface area contributed by atoms with E-state index in [4.69, 9.17) is 18.9 Å². The molecule has 0 saturated heterocycles. The van der Waals surface area contributed by atoms with Gasteiger partial charge in [-0.15, -0.1) is 11.3 Å². The molecule has 6 nitrogen and oxygen atoms in total. The minimum atomic E-state index is -0.476. The fraction of sp³-hybridized carbons (Fsp3) is 0.182. The Labute approximate surface area is 173 Å². The summed E-state index contributed by atoms with van der Waals surface area (Å²) in [4.78, 5) is 16.6. The molecule has 2 aromatic carbocycles. The van der Waals surface area contributed by atoms with E-state index >= 15 is 0 Å². The number of hydrogen-bond donors (Lipinski definition) is 0. The van der Waals surface area contributed by atoms with Crippen molar-refractivity contribution in [2.45, 2.75) is 6.61 Å².